The molecule has 2 rings (SSSR count). The van der Waals surface area contributed by atoms with Gasteiger partial charge in [-0.1, -0.05) is 33.6 Å². The van der Waals surface area contributed by atoms with Crippen LogP contribution >= 0.6 is 0 Å². The van der Waals surface area contributed by atoms with Gasteiger partial charge in [-0.3, -0.25) is 0 Å². The predicted octanol–water partition coefficient (Wildman–Crippen LogP) is 3.46. The van der Waals surface area contributed by atoms with Crippen molar-refractivity contribution in [3.8, 4) is 0 Å². The molecular formula is C17H29N3. The molecule has 1 aromatic heterocycles. The van der Waals surface area contributed by atoms with Gasteiger partial charge in [-0.05, 0) is 36.5 Å². The number of nitrogens with two attached hydrogens (primary N) is 1. The van der Waals surface area contributed by atoms with Crippen LogP contribution in [-0.4, -0.2) is 18.6 Å². The molecule has 1 fully saturated rings. The van der Waals surface area contributed by atoms with Gasteiger partial charge in [-0.2, -0.15) is 0 Å². The van der Waals surface area contributed by atoms with Crippen molar-refractivity contribution < 1.29 is 0 Å². The Kier molecular flexibility index (Phi) is 4.69. The van der Waals surface area contributed by atoms with E-state index in [0.29, 0.717) is 6.54 Å². The molecule has 112 valence electrons. The van der Waals surface area contributed by atoms with Crippen LogP contribution in [0.15, 0.2) is 12.1 Å². The third kappa shape index (κ3) is 3.72. The Morgan fingerprint density at radius 3 is 2.45 bits per heavy atom. The van der Waals surface area contributed by atoms with Crippen LogP contribution in [0, 0.1) is 5.92 Å². The van der Waals surface area contributed by atoms with Gasteiger partial charge in [0.1, 0.15) is 5.82 Å². The fourth-order valence-corrected chi connectivity index (χ4v) is 2.94. The summed E-state index contributed by atoms with van der Waals surface area (Å²) in [6.07, 6.45) is 5.52. The molecule has 0 bridgehead atoms. The van der Waals surface area contributed by atoms with Gasteiger partial charge in [0.2, 0.25) is 0 Å². The average molecular weight is 275 g/mol. The molecule has 2 N–H and O–H groups in total. The molecule has 3 nitrogen and oxygen atoms in total. The molecule has 0 unspecified atom stereocenters. The fraction of sp³-hybridized carbons (Fsp3) is 0.706. The SMILES string of the molecule is CN(CC1CCCC1)c1cc(CN)cc(C(C)(C)C)n1. The summed E-state index contributed by atoms with van der Waals surface area (Å²) in [5.41, 5.74) is 8.22. The topological polar surface area (TPSA) is 42.1 Å². The van der Waals surface area contributed by atoms with E-state index in [0.717, 1.165) is 24.0 Å². The maximum absolute atomic E-state index is 5.85. The second kappa shape index (κ2) is 6.13. The Hall–Kier alpha value is -1.09. The molecule has 0 saturated heterocycles. The van der Waals surface area contributed by atoms with Gasteiger partial charge in [-0.15, -0.1) is 0 Å². The Morgan fingerprint density at radius 2 is 1.90 bits per heavy atom. The van der Waals surface area contributed by atoms with Gasteiger partial charge < -0.3 is 10.6 Å². The maximum atomic E-state index is 5.85. The van der Waals surface area contributed by atoms with Gasteiger partial charge in [-0.25, -0.2) is 4.98 Å². The maximum Gasteiger partial charge on any atom is 0.128 e. The van der Waals surface area contributed by atoms with E-state index in [1.54, 1.807) is 0 Å². The van der Waals surface area contributed by atoms with Gasteiger partial charge >= 0.3 is 0 Å². The minimum absolute atomic E-state index is 0.0636. The molecule has 1 heterocycles. The van der Waals surface area contributed by atoms with E-state index in [-0.39, 0.29) is 5.41 Å². The van der Waals surface area contributed by atoms with E-state index in [1.165, 1.54) is 31.2 Å². The van der Waals surface area contributed by atoms with E-state index < -0.39 is 0 Å². The van der Waals surface area contributed by atoms with Crippen LogP contribution in [0.2, 0.25) is 0 Å². The van der Waals surface area contributed by atoms with Crippen molar-refractivity contribution >= 4 is 5.82 Å². The van der Waals surface area contributed by atoms with Gasteiger partial charge in [0.05, 0.1) is 0 Å². The van der Waals surface area contributed by atoms with Crippen LogP contribution in [-0.2, 0) is 12.0 Å². The molecule has 0 atom stereocenters. The zero-order valence-corrected chi connectivity index (χ0v) is 13.4. The summed E-state index contributed by atoms with van der Waals surface area (Å²) in [5.74, 6) is 1.91. The largest absolute Gasteiger partial charge is 0.359 e. The highest BCUT2D eigenvalue weighted by Gasteiger charge is 2.20. The first kappa shape index (κ1) is 15.3. The highest BCUT2D eigenvalue weighted by Crippen LogP contribution is 2.28. The molecule has 1 aliphatic rings. The molecule has 0 spiro atoms. The van der Waals surface area contributed by atoms with Crippen molar-refractivity contribution in [2.45, 2.75) is 58.4 Å². The summed E-state index contributed by atoms with van der Waals surface area (Å²) >= 11 is 0. The van der Waals surface area contributed by atoms with Crippen molar-refractivity contribution in [3.63, 3.8) is 0 Å². The molecule has 1 saturated carbocycles. The zero-order valence-electron chi connectivity index (χ0n) is 13.4. The fourth-order valence-electron chi connectivity index (χ4n) is 2.94. The molecular weight excluding hydrogens is 246 g/mol. The van der Waals surface area contributed by atoms with E-state index in [9.17, 15) is 0 Å². The number of rotatable bonds is 4. The first-order chi connectivity index (χ1) is 9.40. The number of hydrogen-bond donors (Lipinski definition) is 1. The quantitative estimate of drug-likeness (QED) is 0.915. The van der Waals surface area contributed by atoms with Gasteiger partial charge in [0, 0.05) is 31.2 Å². The number of anilines is 1. The first-order valence-electron chi connectivity index (χ1n) is 7.83. The predicted molar refractivity (Wildman–Crippen MR) is 86.1 cm³/mol. The Bertz CT molecular complexity index is 442. The second-order valence-corrected chi connectivity index (χ2v) is 7.20. The van der Waals surface area contributed by atoms with Crippen LogP contribution in [0.1, 0.15) is 57.7 Å². The van der Waals surface area contributed by atoms with Crippen molar-refractivity contribution in [2.75, 3.05) is 18.5 Å². The lowest BCUT2D eigenvalue weighted by Gasteiger charge is -2.26. The Morgan fingerprint density at radius 1 is 1.25 bits per heavy atom. The van der Waals surface area contributed by atoms with Crippen LogP contribution in [0.4, 0.5) is 5.82 Å². The third-order valence-corrected chi connectivity index (χ3v) is 4.27. The minimum Gasteiger partial charge on any atom is -0.359 e. The Labute approximate surface area is 123 Å². The second-order valence-electron chi connectivity index (χ2n) is 7.20. The molecule has 0 aliphatic heterocycles. The summed E-state index contributed by atoms with van der Waals surface area (Å²) in [7, 11) is 2.16. The van der Waals surface area contributed by atoms with Crippen LogP contribution in [0.25, 0.3) is 0 Å². The lowest BCUT2D eigenvalue weighted by Crippen LogP contribution is -2.26. The van der Waals surface area contributed by atoms with E-state index >= 15 is 0 Å². The molecule has 0 radical (unpaired) electrons. The van der Waals surface area contributed by atoms with Crippen molar-refractivity contribution in [1.82, 2.24) is 4.98 Å². The van der Waals surface area contributed by atoms with Crippen LogP contribution in [0.3, 0.4) is 0 Å². The molecule has 0 amide bonds. The number of nitrogens with zero attached hydrogens (tertiary/aromatic N) is 2. The van der Waals surface area contributed by atoms with Gasteiger partial charge in [0.25, 0.3) is 0 Å². The Balaban J connectivity index is 2.20. The summed E-state index contributed by atoms with van der Waals surface area (Å²) in [4.78, 5) is 7.17. The van der Waals surface area contributed by atoms with Gasteiger partial charge in [0.15, 0.2) is 0 Å². The third-order valence-electron chi connectivity index (χ3n) is 4.27. The van der Waals surface area contributed by atoms with E-state index in [4.69, 9.17) is 10.7 Å². The molecule has 3 heteroatoms. The normalized spacial score (nSPS) is 16.6. The standard InChI is InChI=1S/C17H29N3/c1-17(2,3)15-9-14(11-18)10-16(19-15)20(4)12-13-7-5-6-8-13/h9-10,13H,5-8,11-12,18H2,1-4H3. The monoisotopic (exact) mass is 275 g/mol. The summed E-state index contributed by atoms with van der Waals surface area (Å²) in [6.45, 7) is 8.31. The minimum atomic E-state index is 0.0636. The summed E-state index contributed by atoms with van der Waals surface area (Å²) < 4.78 is 0. The number of pyridine rings is 1. The highest BCUT2D eigenvalue weighted by atomic mass is 15.2. The summed E-state index contributed by atoms with van der Waals surface area (Å²) in [5, 5.41) is 0. The lowest BCUT2D eigenvalue weighted by atomic mass is 9.90. The number of aromatic nitrogens is 1. The number of hydrogen-bond acceptors (Lipinski definition) is 3. The van der Waals surface area contributed by atoms with Crippen LogP contribution in [0.5, 0.6) is 0 Å². The molecule has 1 aliphatic carbocycles. The molecule has 0 aromatic carbocycles. The van der Waals surface area contributed by atoms with E-state index in [2.05, 4.69) is 44.9 Å². The zero-order chi connectivity index (χ0) is 14.8. The van der Waals surface area contributed by atoms with Crippen molar-refractivity contribution in [3.05, 3.63) is 23.4 Å². The molecule has 1 aromatic rings. The van der Waals surface area contributed by atoms with Crippen molar-refractivity contribution in [2.24, 2.45) is 11.7 Å². The smallest absolute Gasteiger partial charge is 0.128 e. The molecule has 20 heavy (non-hydrogen) atoms. The van der Waals surface area contributed by atoms with Crippen molar-refractivity contribution in [1.29, 1.82) is 0 Å². The first-order valence-corrected chi connectivity index (χ1v) is 7.83. The lowest BCUT2D eigenvalue weighted by molar-refractivity contribution is 0.539. The van der Waals surface area contributed by atoms with E-state index in [1.807, 2.05) is 0 Å². The van der Waals surface area contributed by atoms with Crippen LogP contribution < -0.4 is 10.6 Å². The summed E-state index contributed by atoms with van der Waals surface area (Å²) in [6, 6.07) is 4.29. The highest BCUT2D eigenvalue weighted by molar-refractivity contribution is 5.43. The average Bonchev–Trinajstić information content (AvgIpc) is 2.90.